The first-order chi connectivity index (χ1) is 10.0. The summed E-state index contributed by atoms with van der Waals surface area (Å²) in [7, 11) is 0.694. The topological polar surface area (TPSA) is 37.4 Å². The molecule has 0 bridgehead atoms. The van der Waals surface area contributed by atoms with E-state index in [9.17, 15) is 8.42 Å². The van der Waals surface area contributed by atoms with Gasteiger partial charge in [-0.05, 0) is 25.2 Å². The summed E-state index contributed by atoms with van der Waals surface area (Å²) in [5, 5.41) is -0.891. The number of likely N-dealkylation sites (N-methyl/N-ethyl adjacent to an activating group) is 1. The lowest BCUT2D eigenvalue weighted by Gasteiger charge is -2.47. The van der Waals surface area contributed by atoms with Crippen molar-refractivity contribution in [2.24, 2.45) is 0 Å². The summed E-state index contributed by atoms with van der Waals surface area (Å²) in [5.74, 6) is 0. The lowest BCUT2D eigenvalue weighted by molar-refractivity contribution is 0.241. The fourth-order valence-corrected chi connectivity index (χ4v) is 5.91. The molecule has 0 unspecified atom stereocenters. The van der Waals surface area contributed by atoms with Gasteiger partial charge in [0.2, 0.25) is 0 Å². The predicted molar refractivity (Wildman–Crippen MR) is 84.8 cm³/mol. The van der Waals surface area contributed by atoms with Crippen molar-refractivity contribution >= 4 is 9.84 Å². The van der Waals surface area contributed by atoms with Crippen LogP contribution in [0.25, 0.3) is 0 Å². The molecule has 1 heterocycles. The monoisotopic (exact) mass is 301 g/mol. The quantitative estimate of drug-likeness (QED) is 0.875. The fraction of sp³-hybridized carbons (Fsp3) is 0.294. The molecule has 0 spiro atoms. The Hall–Kier alpha value is -1.65. The Bertz CT molecular complexity index is 657. The minimum Gasteiger partial charge on any atom is -0.303 e. The van der Waals surface area contributed by atoms with E-state index in [0.717, 1.165) is 11.1 Å². The van der Waals surface area contributed by atoms with Crippen molar-refractivity contribution < 1.29 is 8.42 Å². The Morgan fingerprint density at radius 2 is 1.14 bits per heavy atom. The molecule has 1 aliphatic heterocycles. The number of rotatable bonds is 3. The zero-order valence-electron chi connectivity index (χ0n) is 12.2. The van der Waals surface area contributed by atoms with Crippen LogP contribution in [-0.4, -0.2) is 33.5 Å². The van der Waals surface area contributed by atoms with Crippen LogP contribution in [0, 0.1) is 0 Å². The smallest absolute Gasteiger partial charge is 0.167 e. The van der Waals surface area contributed by atoms with Crippen LogP contribution in [0.4, 0.5) is 0 Å². The Labute approximate surface area is 126 Å². The summed E-state index contributed by atoms with van der Waals surface area (Å²) in [6.45, 7) is 0. The normalized spacial score (nSPS) is 27.3. The van der Waals surface area contributed by atoms with E-state index in [2.05, 4.69) is 0 Å². The van der Waals surface area contributed by atoms with Gasteiger partial charge in [-0.1, -0.05) is 60.7 Å². The highest BCUT2D eigenvalue weighted by Gasteiger charge is 2.57. The van der Waals surface area contributed by atoms with E-state index in [4.69, 9.17) is 0 Å². The fourth-order valence-electron chi connectivity index (χ4n) is 3.22. The van der Waals surface area contributed by atoms with E-state index in [1.165, 1.54) is 0 Å². The van der Waals surface area contributed by atoms with Gasteiger partial charge in [-0.25, -0.2) is 8.42 Å². The molecule has 21 heavy (non-hydrogen) atoms. The van der Waals surface area contributed by atoms with Crippen molar-refractivity contribution in [2.75, 3.05) is 14.1 Å². The molecular formula is C17H19NO2S. The second kappa shape index (κ2) is 5.28. The molecule has 0 aliphatic carbocycles. The third kappa shape index (κ3) is 2.28. The number of hydrogen-bond acceptors (Lipinski definition) is 3. The van der Waals surface area contributed by atoms with E-state index in [0.29, 0.717) is 0 Å². The lowest BCUT2D eigenvalue weighted by atomic mass is 9.95. The average Bonchev–Trinajstić information content (AvgIpc) is 2.47. The van der Waals surface area contributed by atoms with Gasteiger partial charge in [0.25, 0.3) is 0 Å². The predicted octanol–water partition coefficient (Wildman–Crippen LogP) is 2.83. The first-order valence-corrected chi connectivity index (χ1v) is 8.63. The van der Waals surface area contributed by atoms with Gasteiger partial charge in [0.1, 0.15) is 10.5 Å². The van der Waals surface area contributed by atoms with Crippen LogP contribution in [0.15, 0.2) is 60.7 Å². The van der Waals surface area contributed by atoms with Crippen molar-refractivity contribution in [3.8, 4) is 0 Å². The van der Waals surface area contributed by atoms with Crippen LogP contribution in [0.1, 0.15) is 21.6 Å². The van der Waals surface area contributed by atoms with Crippen molar-refractivity contribution in [3.05, 3.63) is 71.8 Å². The third-order valence-electron chi connectivity index (χ3n) is 4.18. The highest BCUT2D eigenvalue weighted by molar-refractivity contribution is 7.93. The van der Waals surface area contributed by atoms with Gasteiger partial charge in [0, 0.05) is 0 Å². The van der Waals surface area contributed by atoms with Gasteiger partial charge < -0.3 is 4.90 Å². The first kappa shape index (κ1) is 14.3. The van der Waals surface area contributed by atoms with Crippen LogP contribution in [0.3, 0.4) is 0 Å². The molecule has 110 valence electrons. The summed E-state index contributed by atoms with van der Waals surface area (Å²) >= 11 is 0. The molecule has 3 rings (SSSR count). The Kier molecular flexibility index (Phi) is 3.59. The zero-order chi connectivity index (χ0) is 15.0. The van der Waals surface area contributed by atoms with Crippen LogP contribution < -0.4 is 0 Å². The maximum absolute atomic E-state index is 12.8. The van der Waals surface area contributed by atoms with E-state index in [1.807, 2.05) is 79.7 Å². The second-order valence-corrected chi connectivity index (χ2v) is 7.90. The van der Waals surface area contributed by atoms with Crippen LogP contribution >= 0.6 is 0 Å². The van der Waals surface area contributed by atoms with Crippen molar-refractivity contribution in [2.45, 2.75) is 16.5 Å². The Morgan fingerprint density at radius 1 is 0.762 bits per heavy atom. The SMILES string of the molecule is CN(C)C1[C@@H](c2ccccc2)S(=O)(=O)[C@@H]1c1ccccc1. The summed E-state index contributed by atoms with van der Waals surface area (Å²) in [6.07, 6.45) is 0. The van der Waals surface area contributed by atoms with Gasteiger partial charge in [-0.3, -0.25) is 0 Å². The van der Waals surface area contributed by atoms with Gasteiger partial charge >= 0.3 is 0 Å². The van der Waals surface area contributed by atoms with E-state index in [1.54, 1.807) is 0 Å². The van der Waals surface area contributed by atoms with Crippen molar-refractivity contribution in [3.63, 3.8) is 0 Å². The van der Waals surface area contributed by atoms with Crippen molar-refractivity contribution in [1.29, 1.82) is 0 Å². The molecule has 0 radical (unpaired) electrons. The molecular weight excluding hydrogens is 282 g/mol. The zero-order valence-corrected chi connectivity index (χ0v) is 13.0. The molecule has 0 saturated carbocycles. The summed E-state index contributed by atoms with van der Waals surface area (Å²) in [5.41, 5.74) is 1.76. The molecule has 1 saturated heterocycles. The van der Waals surface area contributed by atoms with Crippen LogP contribution in [0.2, 0.25) is 0 Å². The molecule has 3 nitrogen and oxygen atoms in total. The minimum atomic E-state index is -3.21. The Morgan fingerprint density at radius 3 is 1.48 bits per heavy atom. The maximum atomic E-state index is 12.8. The lowest BCUT2D eigenvalue weighted by Crippen LogP contribution is -2.54. The molecule has 1 aliphatic rings. The van der Waals surface area contributed by atoms with Crippen molar-refractivity contribution in [1.82, 2.24) is 4.90 Å². The molecule has 2 aromatic rings. The average molecular weight is 301 g/mol. The first-order valence-electron chi connectivity index (χ1n) is 7.02. The number of nitrogens with zero attached hydrogens (tertiary/aromatic N) is 1. The van der Waals surface area contributed by atoms with E-state index in [-0.39, 0.29) is 6.04 Å². The molecule has 4 heteroatoms. The molecule has 1 fully saturated rings. The van der Waals surface area contributed by atoms with Gasteiger partial charge in [0.15, 0.2) is 9.84 Å². The number of hydrogen-bond donors (Lipinski definition) is 0. The Balaban J connectivity index is 2.05. The number of sulfone groups is 1. The highest BCUT2D eigenvalue weighted by Crippen LogP contribution is 2.53. The summed E-state index contributed by atoms with van der Waals surface area (Å²) < 4.78 is 25.7. The van der Waals surface area contributed by atoms with E-state index < -0.39 is 20.3 Å². The third-order valence-corrected chi connectivity index (χ3v) is 6.70. The molecule has 0 N–H and O–H groups in total. The second-order valence-electron chi connectivity index (χ2n) is 5.71. The minimum absolute atomic E-state index is 0.0280. The van der Waals surface area contributed by atoms with Crippen LogP contribution in [-0.2, 0) is 9.84 Å². The molecule has 2 atom stereocenters. The highest BCUT2D eigenvalue weighted by atomic mass is 32.2. The summed E-state index contributed by atoms with van der Waals surface area (Å²) in [4.78, 5) is 2.02. The number of benzene rings is 2. The molecule has 0 amide bonds. The van der Waals surface area contributed by atoms with Gasteiger partial charge in [0.05, 0.1) is 6.04 Å². The van der Waals surface area contributed by atoms with Gasteiger partial charge in [-0.15, -0.1) is 0 Å². The van der Waals surface area contributed by atoms with E-state index >= 15 is 0 Å². The molecule has 2 aromatic carbocycles. The largest absolute Gasteiger partial charge is 0.303 e. The van der Waals surface area contributed by atoms with Gasteiger partial charge in [-0.2, -0.15) is 0 Å². The van der Waals surface area contributed by atoms with Crippen LogP contribution in [0.5, 0.6) is 0 Å². The maximum Gasteiger partial charge on any atom is 0.167 e. The standard InChI is InChI=1S/C17H19NO2S/c1-18(2)15-16(13-9-5-3-6-10-13)21(19,20)17(15)14-11-7-4-8-12-14/h3-12,15-17H,1-2H3/t16-,17-/m1/s1. The summed E-state index contributed by atoms with van der Waals surface area (Å²) in [6, 6.07) is 19.0. The molecule has 0 aromatic heterocycles.